The highest BCUT2D eigenvalue weighted by Crippen LogP contribution is 2.29. The SMILES string of the molecule is CC(C)NCc1ccc(Cl)cc1N1CCN(C)C(C)(C)C1. The molecule has 1 heterocycles. The van der Waals surface area contributed by atoms with Gasteiger partial charge in [-0.25, -0.2) is 0 Å². The first-order valence-corrected chi connectivity index (χ1v) is 8.15. The van der Waals surface area contributed by atoms with Crippen LogP contribution in [0.2, 0.25) is 5.02 Å². The fourth-order valence-corrected chi connectivity index (χ4v) is 2.91. The summed E-state index contributed by atoms with van der Waals surface area (Å²) in [6, 6.07) is 6.74. The van der Waals surface area contributed by atoms with Gasteiger partial charge in [0.05, 0.1) is 0 Å². The van der Waals surface area contributed by atoms with Gasteiger partial charge < -0.3 is 10.2 Å². The minimum atomic E-state index is 0.184. The van der Waals surface area contributed by atoms with Gasteiger partial charge in [-0.3, -0.25) is 4.90 Å². The van der Waals surface area contributed by atoms with Gasteiger partial charge in [0, 0.05) is 48.5 Å². The molecule has 1 aliphatic heterocycles. The molecule has 1 aromatic rings. The smallest absolute Gasteiger partial charge is 0.0427 e. The minimum absolute atomic E-state index is 0.184. The number of hydrogen-bond donors (Lipinski definition) is 1. The Bertz CT molecular complexity index is 485. The van der Waals surface area contributed by atoms with Gasteiger partial charge in [0.1, 0.15) is 0 Å². The van der Waals surface area contributed by atoms with Gasteiger partial charge in [0.25, 0.3) is 0 Å². The van der Waals surface area contributed by atoms with Crippen LogP contribution in [-0.4, -0.2) is 43.2 Å². The lowest BCUT2D eigenvalue weighted by atomic mass is 9.98. The van der Waals surface area contributed by atoms with Gasteiger partial charge in [-0.2, -0.15) is 0 Å². The normalized spacial score (nSPS) is 19.3. The molecule has 0 radical (unpaired) electrons. The van der Waals surface area contributed by atoms with Gasteiger partial charge in [-0.05, 0) is 38.6 Å². The summed E-state index contributed by atoms with van der Waals surface area (Å²) in [6.45, 7) is 13.0. The predicted molar refractivity (Wildman–Crippen MR) is 92.3 cm³/mol. The molecule has 1 fully saturated rings. The predicted octanol–water partition coefficient (Wildman–Crippen LogP) is 3.37. The largest absolute Gasteiger partial charge is 0.368 e. The van der Waals surface area contributed by atoms with Crippen molar-refractivity contribution in [2.75, 3.05) is 31.6 Å². The molecule has 118 valence electrons. The van der Waals surface area contributed by atoms with Crippen LogP contribution in [0.1, 0.15) is 33.3 Å². The molecule has 0 unspecified atom stereocenters. The lowest BCUT2D eigenvalue weighted by Gasteiger charge is -2.46. The number of rotatable bonds is 4. The van der Waals surface area contributed by atoms with Crippen LogP contribution >= 0.6 is 11.6 Å². The lowest BCUT2D eigenvalue weighted by molar-refractivity contribution is 0.139. The van der Waals surface area contributed by atoms with Crippen LogP contribution in [0.4, 0.5) is 5.69 Å². The molecular formula is C17H28ClN3. The standard InChI is InChI=1S/C17H28ClN3/c1-13(2)19-11-14-6-7-15(18)10-16(14)21-9-8-20(5)17(3,4)12-21/h6-7,10,13,19H,8-9,11-12H2,1-5H3. The first-order valence-electron chi connectivity index (χ1n) is 7.77. The highest BCUT2D eigenvalue weighted by molar-refractivity contribution is 6.30. The van der Waals surface area contributed by atoms with E-state index < -0.39 is 0 Å². The Balaban J connectivity index is 2.23. The fraction of sp³-hybridized carbons (Fsp3) is 0.647. The maximum atomic E-state index is 6.24. The molecule has 0 amide bonds. The maximum Gasteiger partial charge on any atom is 0.0427 e. The van der Waals surface area contributed by atoms with E-state index >= 15 is 0 Å². The average Bonchev–Trinajstić information content (AvgIpc) is 2.40. The van der Waals surface area contributed by atoms with Crippen LogP contribution in [0.5, 0.6) is 0 Å². The van der Waals surface area contributed by atoms with Gasteiger partial charge in [0.2, 0.25) is 0 Å². The first-order chi connectivity index (χ1) is 9.79. The van der Waals surface area contributed by atoms with Crippen molar-refractivity contribution in [1.29, 1.82) is 0 Å². The third kappa shape index (κ3) is 4.12. The summed E-state index contributed by atoms with van der Waals surface area (Å²) >= 11 is 6.24. The second kappa shape index (κ2) is 6.55. The number of nitrogens with zero attached hydrogens (tertiary/aromatic N) is 2. The molecule has 0 aliphatic carbocycles. The van der Waals surface area contributed by atoms with E-state index in [9.17, 15) is 0 Å². The van der Waals surface area contributed by atoms with Crippen molar-refractivity contribution in [1.82, 2.24) is 10.2 Å². The third-order valence-corrected chi connectivity index (χ3v) is 4.64. The van der Waals surface area contributed by atoms with E-state index in [0.717, 1.165) is 31.2 Å². The number of anilines is 1. The third-order valence-electron chi connectivity index (χ3n) is 4.41. The molecule has 1 N–H and O–H groups in total. The number of hydrogen-bond acceptors (Lipinski definition) is 3. The average molecular weight is 310 g/mol. The highest BCUT2D eigenvalue weighted by Gasteiger charge is 2.31. The van der Waals surface area contributed by atoms with Crippen LogP contribution in [0.25, 0.3) is 0 Å². The van der Waals surface area contributed by atoms with Gasteiger partial charge in [0.15, 0.2) is 0 Å². The summed E-state index contributed by atoms with van der Waals surface area (Å²) in [5.74, 6) is 0. The number of likely N-dealkylation sites (N-methyl/N-ethyl adjacent to an activating group) is 1. The Morgan fingerprint density at radius 2 is 2.00 bits per heavy atom. The Morgan fingerprint density at radius 3 is 2.62 bits per heavy atom. The van der Waals surface area contributed by atoms with Crippen molar-refractivity contribution in [2.45, 2.75) is 45.8 Å². The summed E-state index contributed by atoms with van der Waals surface area (Å²) in [5, 5.41) is 4.32. The van der Waals surface area contributed by atoms with Crippen molar-refractivity contribution >= 4 is 17.3 Å². The van der Waals surface area contributed by atoms with Crippen molar-refractivity contribution < 1.29 is 0 Å². The monoisotopic (exact) mass is 309 g/mol. The Kier molecular flexibility index (Phi) is 5.18. The molecule has 2 rings (SSSR count). The molecule has 0 saturated carbocycles. The minimum Gasteiger partial charge on any atom is -0.368 e. The Hall–Kier alpha value is -0.770. The Morgan fingerprint density at radius 1 is 1.29 bits per heavy atom. The number of nitrogens with one attached hydrogen (secondary N) is 1. The highest BCUT2D eigenvalue weighted by atomic mass is 35.5. The second-order valence-corrected chi connectivity index (χ2v) is 7.40. The maximum absolute atomic E-state index is 6.24. The number of halogens is 1. The van der Waals surface area contributed by atoms with Crippen molar-refractivity contribution in [3.05, 3.63) is 28.8 Å². The summed E-state index contributed by atoms with van der Waals surface area (Å²) in [5.41, 5.74) is 2.79. The zero-order valence-corrected chi connectivity index (χ0v) is 14.7. The van der Waals surface area contributed by atoms with E-state index in [1.807, 2.05) is 6.07 Å². The van der Waals surface area contributed by atoms with E-state index in [2.05, 4.69) is 62.0 Å². The van der Waals surface area contributed by atoms with E-state index in [1.54, 1.807) is 0 Å². The second-order valence-electron chi connectivity index (χ2n) is 6.96. The van der Waals surface area contributed by atoms with Crippen LogP contribution in [0, 0.1) is 0 Å². The summed E-state index contributed by atoms with van der Waals surface area (Å²) in [7, 11) is 2.20. The molecule has 0 bridgehead atoms. The van der Waals surface area contributed by atoms with Crippen LogP contribution in [0.3, 0.4) is 0 Å². The summed E-state index contributed by atoms with van der Waals surface area (Å²) in [6.07, 6.45) is 0. The van der Waals surface area contributed by atoms with E-state index in [-0.39, 0.29) is 5.54 Å². The molecule has 0 aromatic heterocycles. The fourth-order valence-electron chi connectivity index (χ4n) is 2.74. The van der Waals surface area contributed by atoms with Crippen LogP contribution in [-0.2, 0) is 6.54 Å². The summed E-state index contributed by atoms with van der Waals surface area (Å²) < 4.78 is 0. The van der Waals surface area contributed by atoms with E-state index in [0.29, 0.717) is 6.04 Å². The van der Waals surface area contributed by atoms with Crippen molar-refractivity contribution in [2.24, 2.45) is 0 Å². The molecule has 0 spiro atoms. The molecule has 1 saturated heterocycles. The molecule has 1 aromatic carbocycles. The number of piperazine rings is 1. The molecular weight excluding hydrogens is 282 g/mol. The molecule has 1 aliphatic rings. The topological polar surface area (TPSA) is 18.5 Å². The van der Waals surface area contributed by atoms with Gasteiger partial charge in [-0.15, -0.1) is 0 Å². The van der Waals surface area contributed by atoms with Crippen LogP contribution < -0.4 is 10.2 Å². The zero-order chi connectivity index (χ0) is 15.6. The zero-order valence-electron chi connectivity index (χ0n) is 13.9. The van der Waals surface area contributed by atoms with Gasteiger partial charge in [-0.1, -0.05) is 31.5 Å². The van der Waals surface area contributed by atoms with Gasteiger partial charge >= 0.3 is 0 Å². The Labute approximate surface area is 134 Å². The lowest BCUT2D eigenvalue weighted by Crippen LogP contribution is -2.57. The van der Waals surface area contributed by atoms with Crippen molar-refractivity contribution in [3.63, 3.8) is 0 Å². The molecule has 21 heavy (non-hydrogen) atoms. The number of benzene rings is 1. The quantitative estimate of drug-likeness (QED) is 0.920. The summed E-state index contributed by atoms with van der Waals surface area (Å²) in [4.78, 5) is 4.91. The molecule has 4 heteroatoms. The molecule has 3 nitrogen and oxygen atoms in total. The first kappa shape index (κ1) is 16.6. The molecule has 0 atom stereocenters. The van der Waals surface area contributed by atoms with Crippen molar-refractivity contribution in [3.8, 4) is 0 Å². The van der Waals surface area contributed by atoms with E-state index in [4.69, 9.17) is 11.6 Å². The van der Waals surface area contributed by atoms with E-state index in [1.165, 1.54) is 11.3 Å². The van der Waals surface area contributed by atoms with Crippen LogP contribution in [0.15, 0.2) is 18.2 Å².